The number of anilines is 1. The number of nitrogens with two attached hydrogens (primary N) is 1. The summed E-state index contributed by atoms with van der Waals surface area (Å²) in [6.45, 7) is 2.48. The summed E-state index contributed by atoms with van der Waals surface area (Å²) in [4.78, 5) is 11.8. The first-order valence-electron chi connectivity index (χ1n) is 6.45. The summed E-state index contributed by atoms with van der Waals surface area (Å²) in [5.41, 5.74) is 8.09. The Morgan fingerprint density at radius 2 is 2.05 bits per heavy atom. The number of hydrogen-bond donors (Lipinski definition) is 2. The van der Waals surface area contributed by atoms with Gasteiger partial charge in [-0.1, -0.05) is 29.8 Å². The van der Waals surface area contributed by atoms with Crippen LogP contribution in [0.3, 0.4) is 0 Å². The normalized spacial score (nSPS) is 10.3. The van der Waals surface area contributed by atoms with E-state index in [1.54, 1.807) is 0 Å². The molecule has 0 aliphatic carbocycles. The molecule has 2 aromatic carbocycles. The van der Waals surface area contributed by atoms with Crippen molar-refractivity contribution in [2.45, 2.75) is 13.3 Å². The van der Waals surface area contributed by atoms with Gasteiger partial charge < -0.3 is 11.1 Å². The van der Waals surface area contributed by atoms with Crippen LogP contribution in [-0.4, -0.2) is 12.5 Å². The first kappa shape index (κ1) is 14.1. The average Bonchev–Trinajstić information content (AvgIpc) is 2.38. The van der Waals surface area contributed by atoms with Gasteiger partial charge in [-0.25, -0.2) is 4.39 Å². The predicted octanol–water partition coefficient (Wildman–Crippen LogP) is 2.69. The molecule has 104 valence electrons. The monoisotopic (exact) mass is 272 g/mol. The van der Waals surface area contributed by atoms with Gasteiger partial charge >= 0.3 is 0 Å². The molecule has 2 aromatic rings. The van der Waals surface area contributed by atoms with E-state index in [4.69, 9.17) is 5.73 Å². The maximum Gasteiger partial charge on any atom is 0.254 e. The van der Waals surface area contributed by atoms with Gasteiger partial charge in [-0.2, -0.15) is 0 Å². The topological polar surface area (TPSA) is 55.1 Å². The molecule has 0 fully saturated rings. The van der Waals surface area contributed by atoms with Crippen molar-refractivity contribution in [1.29, 1.82) is 0 Å². The van der Waals surface area contributed by atoms with Gasteiger partial charge in [0.15, 0.2) is 0 Å². The van der Waals surface area contributed by atoms with Crippen LogP contribution in [0.15, 0.2) is 42.5 Å². The number of amides is 1. The lowest BCUT2D eigenvalue weighted by Crippen LogP contribution is -2.26. The van der Waals surface area contributed by atoms with E-state index < -0.39 is 11.7 Å². The fraction of sp³-hybridized carbons (Fsp3) is 0.188. The Morgan fingerprint density at radius 3 is 2.75 bits per heavy atom. The zero-order valence-corrected chi connectivity index (χ0v) is 11.3. The summed E-state index contributed by atoms with van der Waals surface area (Å²) in [6, 6.07) is 12.1. The number of nitrogen functional groups attached to an aromatic ring is 1. The second-order valence-electron chi connectivity index (χ2n) is 4.73. The summed E-state index contributed by atoms with van der Waals surface area (Å²) in [6.07, 6.45) is 0.712. The zero-order chi connectivity index (χ0) is 14.5. The fourth-order valence-electron chi connectivity index (χ4n) is 2.00. The molecule has 0 aliphatic heterocycles. The number of nitrogens with one attached hydrogen (secondary N) is 1. The molecule has 0 aliphatic rings. The van der Waals surface area contributed by atoms with Crippen molar-refractivity contribution < 1.29 is 9.18 Å². The minimum Gasteiger partial charge on any atom is -0.399 e. The number of halogens is 1. The second-order valence-corrected chi connectivity index (χ2v) is 4.73. The molecule has 20 heavy (non-hydrogen) atoms. The third-order valence-corrected chi connectivity index (χ3v) is 3.02. The van der Waals surface area contributed by atoms with E-state index in [0.29, 0.717) is 18.7 Å². The lowest BCUT2D eigenvalue weighted by Gasteiger charge is -2.07. The molecular formula is C16H17FN2O. The van der Waals surface area contributed by atoms with Crippen molar-refractivity contribution in [1.82, 2.24) is 5.32 Å². The van der Waals surface area contributed by atoms with E-state index in [0.717, 1.165) is 11.6 Å². The van der Waals surface area contributed by atoms with Crippen molar-refractivity contribution in [3.05, 3.63) is 65.0 Å². The van der Waals surface area contributed by atoms with Gasteiger partial charge in [0.2, 0.25) is 0 Å². The molecule has 0 saturated heterocycles. The number of carbonyl (C=O) groups excluding carboxylic acids is 1. The van der Waals surface area contributed by atoms with E-state index in [1.165, 1.54) is 17.7 Å². The highest BCUT2D eigenvalue weighted by molar-refractivity contribution is 5.94. The molecule has 1 amide bonds. The maximum atomic E-state index is 13.6. The van der Waals surface area contributed by atoms with Crippen LogP contribution in [0.2, 0.25) is 0 Å². The van der Waals surface area contributed by atoms with Gasteiger partial charge in [-0.05, 0) is 37.1 Å². The molecule has 0 radical (unpaired) electrons. The van der Waals surface area contributed by atoms with Crippen LogP contribution in [0.25, 0.3) is 0 Å². The van der Waals surface area contributed by atoms with Gasteiger partial charge in [-0.15, -0.1) is 0 Å². The summed E-state index contributed by atoms with van der Waals surface area (Å²) < 4.78 is 13.6. The standard InChI is InChI=1S/C16H17FN2O/c1-11-3-2-4-12(9-11)7-8-19-16(20)14-6-5-13(18)10-15(14)17/h2-6,9-10H,7-8,18H2,1H3,(H,19,20). The summed E-state index contributed by atoms with van der Waals surface area (Å²) >= 11 is 0. The van der Waals surface area contributed by atoms with E-state index in [1.807, 2.05) is 25.1 Å². The van der Waals surface area contributed by atoms with Crippen LogP contribution in [0.5, 0.6) is 0 Å². The molecule has 2 rings (SSSR count). The second kappa shape index (κ2) is 6.19. The first-order chi connectivity index (χ1) is 9.56. The lowest BCUT2D eigenvalue weighted by atomic mass is 10.1. The van der Waals surface area contributed by atoms with Crippen LogP contribution < -0.4 is 11.1 Å². The van der Waals surface area contributed by atoms with Gasteiger partial charge in [0, 0.05) is 12.2 Å². The molecule has 4 heteroatoms. The summed E-state index contributed by atoms with van der Waals surface area (Å²) in [5, 5.41) is 2.71. The number of hydrogen-bond acceptors (Lipinski definition) is 2. The Morgan fingerprint density at radius 1 is 1.25 bits per heavy atom. The largest absolute Gasteiger partial charge is 0.399 e. The first-order valence-corrected chi connectivity index (χ1v) is 6.45. The van der Waals surface area contributed by atoms with Crippen LogP contribution >= 0.6 is 0 Å². The van der Waals surface area contributed by atoms with E-state index in [2.05, 4.69) is 11.4 Å². The minimum atomic E-state index is -0.599. The van der Waals surface area contributed by atoms with E-state index in [-0.39, 0.29) is 5.56 Å². The molecule has 3 N–H and O–H groups in total. The van der Waals surface area contributed by atoms with Crippen molar-refractivity contribution >= 4 is 11.6 Å². The molecule has 0 bridgehead atoms. The zero-order valence-electron chi connectivity index (χ0n) is 11.3. The summed E-state index contributed by atoms with van der Waals surface area (Å²) in [7, 11) is 0. The Hall–Kier alpha value is -2.36. The fourth-order valence-corrected chi connectivity index (χ4v) is 2.00. The molecule has 0 spiro atoms. The van der Waals surface area contributed by atoms with Crippen molar-refractivity contribution in [2.24, 2.45) is 0 Å². The van der Waals surface area contributed by atoms with Gasteiger partial charge in [-0.3, -0.25) is 4.79 Å². The third-order valence-electron chi connectivity index (χ3n) is 3.02. The van der Waals surface area contributed by atoms with Gasteiger partial charge in [0.1, 0.15) is 5.82 Å². The molecular weight excluding hydrogens is 255 g/mol. The number of aryl methyl sites for hydroxylation is 1. The quantitative estimate of drug-likeness (QED) is 0.841. The Balaban J connectivity index is 1.92. The highest BCUT2D eigenvalue weighted by atomic mass is 19.1. The van der Waals surface area contributed by atoms with Crippen LogP contribution in [-0.2, 0) is 6.42 Å². The van der Waals surface area contributed by atoms with Crippen LogP contribution in [0, 0.1) is 12.7 Å². The number of benzene rings is 2. The van der Waals surface area contributed by atoms with Crippen molar-refractivity contribution in [3.8, 4) is 0 Å². The maximum absolute atomic E-state index is 13.6. The predicted molar refractivity (Wildman–Crippen MR) is 78.0 cm³/mol. The Labute approximate surface area is 117 Å². The SMILES string of the molecule is Cc1cccc(CCNC(=O)c2ccc(N)cc2F)c1. The molecule has 0 unspecified atom stereocenters. The molecule has 0 aromatic heterocycles. The Bertz CT molecular complexity index is 626. The summed E-state index contributed by atoms with van der Waals surface area (Å²) in [5.74, 6) is -1.02. The van der Waals surface area contributed by atoms with E-state index >= 15 is 0 Å². The van der Waals surface area contributed by atoms with E-state index in [9.17, 15) is 9.18 Å². The van der Waals surface area contributed by atoms with Gasteiger partial charge in [0.25, 0.3) is 5.91 Å². The van der Waals surface area contributed by atoms with Crippen LogP contribution in [0.1, 0.15) is 21.5 Å². The average molecular weight is 272 g/mol. The smallest absolute Gasteiger partial charge is 0.254 e. The van der Waals surface area contributed by atoms with Gasteiger partial charge in [0.05, 0.1) is 5.56 Å². The number of carbonyl (C=O) groups is 1. The molecule has 0 atom stereocenters. The highest BCUT2D eigenvalue weighted by Crippen LogP contribution is 2.11. The molecule has 0 saturated carbocycles. The van der Waals surface area contributed by atoms with Crippen LogP contribution in [0.4, 0.5) is 10.1 Å². The lowest BCUT2D eigenvalue weighted by molar-refractivity contribution is 0.0950. The van der Waals surface area contributed by atoms with Crippen molar-refractivity contribution in [3.63, 3.8) is 0 Å². The number of rotatable bonds is 4. The Kier molecular flexibility index (Phi) is 4.35. The van der Waals surface area contributed by atoms with Crippen molar-refractivity contribution in [2.75, 3.05) is 12.3 Å². The minimum absolute atomic E-state index is 0.0171. The third kappa shape index (κ3) is 3.57. The highest BCUT2D eigenvalue weighted by Gasteiger charge is 2.10. The molecule has 0 heterocycles. The molecule has 3 nitrogen and oxygen atoms in total.